The van der Waals surface area contributed by atoms with E-state index in [4.69, 9.17) is 16.3 Å². The summed E-state index contributed by atoms with van der Waals surface area (Å²) in [4.78, 5) is 12.2. The predicted octanol–water partition coefficient (Wildman–Crippen LogP) is 4.14. The largest absolute Gasteiger partial charge is 0.493 e. The Morgan fingerprint density at radius 1 is 1.04 bits per heavy atom. The molecule has 0 fully saturated rings. The molecule has 0 radical (unpaired) electrons. The number of urea groups is 1. The van der Waals surface area contributed by atoms with Gasteiger partial charge in [-0.25, -0.2) is 4.79 Å². The number of hydrogen-bond acceptors (Lipinski definition) is 2. The summed E-state index contributed by atoms with van der Waals surface area (Å²) in [6.45, 7) is 0.638. The molecular weight excluding hydrogens is 324 g/mol. The molecule has 0 bridgehead atoms. The number of amides is 2. The van der Waals surface area contributed by atoms with Gasteiger partial charge in [-0.1, -0.05) is 48.0 Å². The minimum atomic E-state index is -0.238. The minimum absolute atomic E-state index is 0.117. The molecule has 4 nitrogen and oxygen atoms in total. The van der Waals surface area contributed by atoms with Crippen molar-refractivity contribution in [2.45, 2.75) is 18.4 Å². The first-order valence-electron chi connectivity index (χ1n) is 7.98. The summed E-state index contributed by atoms with van der Waals surface area (Å²) in [6.07, 6.45) is 2.88. The number of para-hydroxylation sites is 1. The van der Waals surface area contributed by atoms with Gasteiger partial charge in [0.25, 0.3) is 0 Å². The smallest absolute Gasteiger partial charge is 0.319 e. The summed E-state index contributed by atoms with van der Waals surface area (Å²) in [7, 11) is 0. The van der Waals surface area contributed by atoms with Gasteiger partial charge in [-0.05, 0) is 30.2 Å². The van der Waals surface area contributed by atoms with Crippen LogP contribution in [0.1, 0.15) is 29.5 Å². The molecular formula is C19H17ClN2O2. The Kier molecular flexibility index (Phi) is 3.90. The molecule has 2 unspecified atom stereocenters. The first kappa shape index (κ1) is 15.1. The normalized spacial score (nSPS) is 22.5. The van der Waals surface area contributed by atoms with Crippen LogP contribution in [0.2, 0.25) is 5.02 Å². The van der Waals surface area contributed by atoms with E-state index in [0.29, 0.717) is 11.6 Å². The molecule has 2 aromatic rings. The predicted molar refractivity (Wildman–Crippen MR) is 93.2 cm³/mol. The molecule has 2 heterocycles. The highest BCUT2D eigenvalue weighted by Gasteiger charge is 2.30. The van der Waals surface area contributed by atoms with Crippen molar-refractivity contribution in [3.8, 4) is 5.75 Å². The quantitative estimate of drug-likeness (QED) is 0.863. The number of nitrogens with one attached hydrogen (secondary N) is 2. The Morgan fingerprint density at radius 3 is 2.62 bits per heavy atom. The van der Waals surface area contributed by atoms with Gasteiger partial charge in [0.1, 0.15) is 5.75 Å². The fraction of sp³-hybridized carbons (Fsp3) is 0.211. The van der Waals surface area contributed by atoms with Crippen LogP contribution in [0.5, 0.6) is 5.75 Å². The van der Waals surface area contributed by atoms with Gasteiger partial charge in [0.05, 0.1) is 12.6 Å². The Hall–Kier alpha value is -2.46. The van der Waals surface area contributed by atoms with Crippen LogP contribution in [-0.2, 0) is 0 Å². The molecule has 2 aliphatic heterocycles. The zero-order valence-corrected chi connectivity index (χ0v) is 13.7. The first-order valence-corrected chi connectivity index (χ1v) is 8.35. The molecule has 0 aromatic heterocycles. The lowest BCUT2D eigenvalue weighted by atomic mass is 9.88. The first-order chi connectivity index (χ1) is 11.7. The van der Waals surface area contributed by atoms with Crippen molar-refractivity contribution in [1.29, 1.82) is 0 Å². The molecule has 2 atom stereocenters. The number of hydrogen-bond donors (Lipinski definition) is 2. The number of carbonyl (C=O) groups is 1. The summed E-state index contributed by atoms with van der Waals surface area (Å²) >= 11 is 6.30. The van der Waals surface area contributed by atoms with Crippen molar-refractivity contribution >= 4 is 17.6 Å². The molecule has 0 saturated heterocycles. The van der Waals surface area contributed by atoms with Crippen LogP contribution < -0.4 is 15.4 Å². The average Bonchev–Trinajstić information content (AvgIpc) is 2.61. The number of rotatable bonds is 2. The fourth-order valence-corrected chi connectivity index (χ4v) is 3.59. The molecule has 4 rings (SSSR count). The van der Waals surface area contributed by atoms with E-state index in [1.54, 1.807) is 0 Å². The monoisotopic (exact) mass is 340 g/mol. The summed E-state index contributed by atoms with van der Waals surface area (Å²) in [5, 5.41) is 6.53. The molecule has 122 valence electrons. The summed E-state index contributed by atoms with van der Waals surface area (Å²) in [5.74, 6) is 1.00. The Bertz CT molecular complexity index is 819. The fourth-order valence-electron chi connectivity index (χ4n) is 3.33. The number of fused-ring (bicyclic) bond motifs is 1. The third kappa shape index (κ3) is 2.74. The van der Waals surface area contributed by atoms with Gasteiger partial charge in [-0.3, -0.25) is 0 Å². The van der Waals surface area contributed by atoms with E-state index < -0.39 is 0 Å². The second-order valence-electron chi connectivity index (χ2n) is 5.95. The highest BCUT2D eigenvalue weighted by molar-refractivity contribution is 6.31. The lowest BCUT2D eigenvalue weighted by Crippen LogP contribution is -2.43. The maximum absolute atomic E-state index is 12.2. The lowest BCUT2D eigenvalue weighted by Gasteiger charge is -2.32. The zero-order valence-electron chi connectivity index (χ0n) is 13.0. The molecule has 0 spiro atoms. The zero-order chi connectivity index (χ0) is 16.5. The number of ether oxygens (including phenoxy) is 1. The van der Waals surface area contributed by atoms with Crippen LogP contribution in [0, 0.1) is 0 Å². The van der Waals surface area contributed by atoms with Gasteiger partial charge < -0.3 is 15.4 Å². The van der Waals surface area contributed by atoms with Gasteiger partial charge in [0, 0.05) is 22.2 Å². The third-order valence-corrected chi connectivity index (χ3v) is 4.81. The standard InChI is InChI=1S/C19H17ClN2O2/c20-15-7-3-1-6-14(15)17-11-16(21-19(23)22-17)12-9-10-24-18-8-4-2-5-13(12)18/h1-8,11-12,17H,9-10H2,(H2,21,22,23). The number of halogens is 1. The van der Waals surface area contributed by atoms with Crippen molar-refractivity contribution in [2.24, 2.45) is 0 Å². The van der Waals surface area contributed by atoms with Crippen LogP contribution in [0.3, 0.4) is 0 Å². The van der Waals surface area contributed by atoms with Crippen LogP contribution in [0.4, 0.5) is 4.79 Å². The van der Waals surface area contributed by atoms with E-state index in [-0.39, 0.29) is 18.0 Å². The van der Waals surface area contributed by atoms with E-state index in [9.17, 15) is 4.79 Å². The van der Waals surface area contributed by atoms with E-state index in [1.807, 2.05) is 42.5 Å². The van der Waals surface area contributed by atoms with Crippen LogP contribution >= 0.6 is 11.6 Å². The average molecular weight is 341 g/mol. The lowest BCUT2D eigenvalue weighted by molar-refractivity contribution is 0.235. The highest BCUT2D eigenvalue weighted by Crippen LogP contribution is 2.39. The van der Waals surface area contributed by atoms with Crippen molar-refractivity contribution < 1.29 is 9.53 Å². The van der Waals surface area contributed by atoms with Crippen molar-refractivity contribution in [1.82, 2.24) is 10.6 Å². The molecule has 2 amide bonds. The van der Waals surface area contributed by atoms with Crippen molar-refractivity contribution in [2.75, 3.05) is 6.61 Å². The SMILES string of the molecule is O=C1NC(C2CCOc3ccccc32)=CC(c2ccccc2Cl)N1. The van der Waals surface area contributed by atoms with Gasteiger partial charge in [-0.15, -0.1) is 0 Å². The minimum Gasteiger partial charge on any atom is -0.493 e. The van der Waals surface area contributed by atoms with E-state index in [0.717, 1.165) is 29.0 Å². The number of allylic oxidation sites excluding steroid dienone is 1. The maximum Gasteiger partial charge on any atom is 0.319 e. The summed E-state index contributed by atoms with van der Waals surface area (Å²) < 4.78 is 5.73. The van der Waals surface area contributed by atoms with Crippen LogP contribution in [0.25, 0.3) is 0 Å². The summed E-state index contributed by atoms with van der Waals surface area (Å²) in [6, 6.07) is 15.1. The maximum atomic E-state index is 12.2. The molecule has 2 aliphatic rings. The molecule has 24 heavy (non-hydrogen) atoms. The third-order valence-electron chi connectivity index (χ3n) is 4.46. The molecule has 2 N–H and O–H groups in total. The van der Waals surface area contributed by atoms with Gasteiger partial charge >= 0.3 is 6.03 Å². The number of carbonyl (C=O) groups excluding carboxylic acids is 1. The Labute approximate surface area is 145 Å². The van der Waals surface area contributed by atoms with Gasteiger partial charge in [0.15, 0.2) is 0 Å². The molecule has 2 aromatic carbocycles. The van der Waals surface area contributed by atoms with Gasteiger partial charge in [-0.2, -0.15) is 0 Å². The van der Waals surface area contributed by atoms with E-state index >= 15 is 0 Å². The van der Waals surface area contributed by atoms with Crippen molar-refractivity contribution in [3.63, 3.8) is 0 Å². The van der Waals surface area contributed by atoms with Gasteiger partial charge in [0.2, 0.25) is 0 Å². The molecule has 0 saturated carbocycles. The molecule has 0 aliphatic carbocycles. The Balaban J connectivity index is 1.73. The second kappa shape index (κ2) is 6.21. The topological polar surface area (TPSA) is 50.4 Å². The van der Waals surface area contributed by atoms with E-state index in [2.05, 4.69) is 22.8 Å². The van der Waals surface area contributed by atoms with Crippen molar-refractivity contribution in [3.05, 3.63) is 76.5 Å². The number of benzene rings is 2. The second-order valence-corrected chi connectivity index (χ2v) is 6.35. The van der Waals surface area contributed by atoms with Crippen LogP contribution in [-0.4, -0.2) is 12.6 Å². The van der Waals surface area contributed by atoms with Crippen LogP contribution in [0.15, 0.2) is 60.3 Å². The molecule has 5 heteroatoms. The Morgan fingerprint density at radius 2 is 1.79 bits per heavy atom. The van der Waals surface area contributed by atoms with E-state index in [1.165, 1.54) is 0 Å². The highest BCUT2D eigenvalue weighted by atomic mass is 35.5. The summed E-state index contributed by atoms with van der Waals surface area (Å²) in [5.41, 5.74) is 2.90.